The molecule has 0 saturated carbocycles. The van der Waals surface area contributed by atoms with Crippen LogP contribution in [0.15, 0.2) is 42.5 Å². The molecule has 2 aromatic carbocycles. The van der Waals surface area contributed by atoms with Crippen LogP contribution in [0, 0.1) is 6.92 Å². The Labute approximate surface area is 139 Å². The molecule has 2 aromatic rings. The number of para-hydroxylation sites is 1. The van der Waals surface area contributed by atoms with E-state index < -0.39 is 11.8 Å². The molecule has 0 spiro atoms. The molecule has 0 aliphatic heterocycles. The van der Waals surface area contributed by atoms with Crippen molar-refractivity contribution in [3.8, 4) is 11.5 Å². The largest absolute Gasteiger partial charge is 0.490 e. The van der Waals surface area contributed by atoms with Crippen LogP contribution >= 0.6 is 0 Å². The second-order valence-corrected chi connectivity index (χ2v) is 5.08. The molecule has 2 N–H and O–H groups in total. The molecule has 0 unspecified atom stereocenters. The van der Waals surface area contributed by atoms with Gasteiger partial charge in [-0.15, -0.1) is 0 Å². The van der Waals surface area contributed by atoms with Gasteiger partial charge in [-0.3, -0.25) is 4.79 Å². The van der Waals surface area contributed by atoms with Crippen molar-refractivity contribution in [2.24, 2.45) is 0 Å². The minimum atomic E-state index is -1.49. The first-order chi connectivity index (χ1) is 11.5. The molecule has 0 amide bonds. The lowest BCUT2D eigenvalue weighted by Gasteiger charge is -2.13. The summed E-state index contributed by atoms with van der Waals surface area (Å²) in [5, 5.41) is 17.9. The Balaban J connectivity index is 1.87. The lowest BCUT2D eigenvalue weighted by atomic mass is 10.1. The molecule has 24 heavy (non-hydrogen) atoms. The van der Waals surface area contributed by atoms with Crippen molar-refractivity contribution >= 4 is 11.8 Å². The van der Waals surface area contributed by atoms with E-state index in [0.29, 0.717) is 17.1 Å². The minimum absolute atomic E-state index is 0.0959. The van der Waals surface area contributed by atoms with Gasteiger partial charge in [0.05, 0.1) is 6.61 Å². The summed E-state index contributed by atoms with van der Waals surface area (Å²) < 4.78 is 11.1. The highest BCUT2D eigenvalue weighted by molar-refractivity contribution is 6.39. The van der Waals surface area contributed by atoms with Gasteiger partial charge in [-0.25, -0.2) is 4.79 Å². The van der Waals surface area contributed by atoms with Gasteiger partial charge in [-0.05, 0) is 36.8 Å². The molecule has 0 aliphatic rings. The number of aliphatic hydroxyl groups excluding tert-OH is 1. The maximum atomic E-state index is 11.3. The number of carbonyl (C=O) groups excluding carboxylic acids is 1. The lowest BCUT2D eigenvalue weighted by molar-refractivity contribution is -0.131. The highest BCUT2D eigenvalue weighted by Crippen LogP contribution is 2.23. The summed E-state index contributed by atoms with van der Waals surface area (Å²) >= 11 is 0. The number of carbonyl (C=O) groups is 2. The number of Topliss-reactive ketones (excluding diaryl/α,β-unsaturated/α-hetero) is 1. The van der Waals surface area contributed by atoms with E-state index in [1.54, 1.807) is 6.07 Å². The van der Waals surface area contributed by atoms with Crippen molar-refractivity contribution < 1.29 is 29.3 Å². The average Bonchev–Trinajstić information content (AvgIpc) is 2.59. The second-order valence-electron chi connectivity index (χ2n) is 5.08. The number of aliphatic hydroxyl groups is 1. The molecule has 6 heteroatoms. The number of carboxylic acid groups (broad SMARTS) is 1. The van der Waals surface area contributed by atoms with Crippen LogP contribution in [-0.2, 0) is 11.4 Å². The maximum absolute atomic E-state index is 11.3. The zero-order chi connectivity index (χ0) is 17.5. The monoisotopic (exact) mass is 330 g/mol. The molecule has 6 nitrogen and oxygen atoms in total. The number of ketones is 1. The maximum Gasteiger partial charge on any atom is 0.377 e. The summed E-state index contributed by atoms with van der Waals surface area (Å²) in [6.45, 7) is 2.35. The van der Waals surface area contributed by atoms with Crippen LogP contribution < -0.4 is 9.47 Å². The lowest BCUT2D eigenvalue weighted by Crippen LogP contribution is -2.13. The van der Waals surface area contributed by atoms with Gasteiger partial charge >= 0.3 is 5.97 Å². The highest BCUT2D eigenvalue weighted by Gasteiger charge is 2.14. The molecule has 2 rings (SSSR count). The van der Waals surface area contributed by atoms with Crippen LogP contribution in [0.25, 0.3) is 0 Å². The van der Waals surface area contributed by atoms with E-state index in [9.17, 15) is 14.7 Å². The fourth-order valence-electron chi connectivity index (χ4n) is 2.17. The third-order valence-electron chi connectivity index (χ3n) is 3.37. The standard InChI is InChI=1S/C18H18O6/c1-12-3-2-4-14(11-19)17(12)24-10-9-23-15-7-5-13(6-8-15)16(20)18(21)22/h2-8,19H,9-11H2,1H3,(H,21,22). The predicted octanol–water partition coefficient (Wildman–Crippen LogP) is 2.21. The van der Waals surface area contributed by atoms with E-state index in [0.717, 1.165) is 5.56 Å². The predicted molar refractivity (Wildman–Crippen MR) is 86.5 cm³/mol. The van der Waals surface area contributed by atoms with Gasteiger partial charge in [0.1, 0.15) is 24.7 Å². The highest BCUT2D eigenvalue weighted by atomic mass is 16.5. The summed E-state index contributed by atoms with van der Waals surface area (Å²) in [7, 11) is 0. The molecule has 0 aliphatic carbocycles. The Hall–Kier alpha value is -2.86. The van der Waals surface area contributed by atoms with Gasteiger partial charge in [-0.1, -0.05) is 18.2 Å². The number of hydrogen-bond donors (Lipinski definition) is 2. The first kappa shape index (κ1) is 17.5. The minimum Gasteiger partial charge on any atom is -0.490 e. The van der Waals surface area contributed by atoms with Crippen molar-refractivity contribution in [1.29, 1.82) is 0 Å². The smallest absolute Gasteiger partial charge is 0.377 e. The number of aryl methyl sites for hydroxylation is 1. The third-order valence-corrected chi connectivity index (χ3v) is 3.37. The van der Waals surface area contributed by atoms with Crippen molar-refractivity contribution in [3.05, 3.63) is 59.2 Å². The molecule has 0 heterocycles. The third kappa shape index (κ3) is 4.33. The van der Waals surface area contributed by atoms with Gasteiger partial charge in [0.25, 0.3) is 5.78 Å². The Morgan fingerprint density at radius 3 is 2.29 bits per heavy atom. The summed E-state index contributed by atoms with van der Waals surface area (Å²) in [4.78, 5) is 21.9. The number of carboxylic acids is 1. The Morgan fingerprint density at radius 1 is 1.00 bits per heavy atom. The Bertz CT molecular complexity index is 721. The molecule has 126 valence electrons. The average molecular weight is 330 g/mol. The Morgan fingerprint density at radius 2 is 1.67 bits per heavy atom. The van der Waals surface area contributed by atoms with E-state index in [4.69, 9.17) is 14.6 Å². The van der Waals surface area contributed by atoms with Crippen molar-refractivity contribution in [1.82, 2.24) is 0 Å². The van der Waals surface area contributed by atoms with Crippen LogP contribution in [0.2, 0.25) is 0 Å². The normalized spacial score (nSPS) is 10.2. The SMILES string of the molecule is Cc1cccc(CO)c1OCCOc1ccc(C(=O)C(=O)O)cc1. The quantitative estimate of drug-likeness (QED) is 0.438. The molecular weight excluding hydrogens is 312 g/mol. The van der Waals surface area contributed by atoms with Crippen LogP contribution in [0.3, 0.4) is 0 Å². The first-order valence-corrected chi connectivity index (χ1v) is 7.35. The molecular formula is C18H18O6. The van der Waals surface area contributed by atoms with E-state index in [2.05, 4.69) is 0 Å². The van der Waals surface area contributed by atoms with Gasteiger partial charge < -0.3 is 19.7 Å². The zero-order valence-corrected chi connectivity index (χ0v) is 13.2. The van der Waals surface area contributed by atoms with E-state index >= 15 is 0 Å². The summed E-state index contributed by atoms with van der Waals surface area (Å²) in [5.41, 5.74) is 1.74. The first-order valence-electron chi connectivity index (χ1n) is 7.35. The fraction of sp³-hybridized carbons (Fsp3) is 0.222. The van der Waals surface area contributed by atoms with Crippen LogP contribution in [-0.4, -0.2) is 35.2 Å². The molecule has 0 bridgehead atoms. The van der Waals surface area contributed by atoms with Crippen LogP contribution in [0.4, 0.5) is 0 Å². The van der Waals surface area contributed by atoms with E-state index in [1.165, 1.54) is 24.3 Å². The number of benzene rings is 2. The summed E-state index contributed by atoms with van der Waals surface area (Å²) in [6, 6.07) is 11.4. The molecule has 0 radical (unpaired) electrons. The van der Waals surface area contributed by atoms with E-state index in [-0.39, 0.29) is 25.4 Å². The summed E-state index contributed by atoms with van der Waals surface area (Å²) in [5.74, 6) is -1.30. The van der Waals surface area contributed by atoms with Crippen molar-refractivity contribution in [2.75, 3.05) is 13.2 Å². The van der Waals surface area contributed by atoms with Gasteiger partial charge in [0, 0.05) is 11.1 Å². The molecule has 0 fully saturated rings. The van der Waals surface area contributed by atoms with Gasteiger partial charge in [0.2, 0.25) is 0 Å². The van der Waals surface area contributed by atoms with Crippen LogP contribution in [0.5, 0.6) is 11.5 Å². The number of rotatable bonds is 8. The topological polar surface area (TPSA) is 93.1 Å². The fourth-order valence-corrected chi connectivity index (χ4v) is 2.17. The van der Waals surface area contributed by atoms with Crippen LogP contribution in [0.1, 0.15) is 21.5 Å². The molecule has 0 saturated heterocycles. The van der Waals surface area contributed by atoms with Gasteiger partial charge in [-0.2, -0.15) is 0 Å². The molecule has 0 aromatic heterocycles. The second kappa shape index (κ2) is 8.12. The summed E-state index contributed by atoms with van der Waals surface area (Å²) in [6.07, 6.45) is 0. The zero-order valence-electron chi connectivity index (χ0n) is 13.2. The number of aliphatic carboxylic acids is 1. The number of ether oxygens (including phenoxy) is 2. The van der Waals surface area contributed by atoms with Gasteiger partial charge in [0.15, 0.2) is 0 Å². The molecule has 0 atom stereocenters. The number of hydrogen-bond acceptors (Lipinski definition) is 5. The van der Waals surface area contributed by atoms with Crippen molar-refractivity contribution in [3.63, 3.8) is 0 Å². The van der Waals surface area contributed by atoms with E-state index in [1.807, 2.05) is 19.1 Å². The van der Waals surface area contributed by atoms with Crippen molar-refractivity contribution in [2.45, 2.75) is 13.5 Å². The Kier molecular flexibility index (Phi) is 5.92.